The zero-order valence-corrected chi connectivity index (χ0v) is 15.3. The smallest absolute Gasteiger partial charge is 0.310 e. The fourth-order valence-electron chi connectivity index (χ4n) is 1.73. The predicted molar refractivity (Wildman–Crippen MR) is 90.3 cm³/mol. The number of carbonyl (C=O) groups excluding carboxylic acids is 1. The molecule has 1 aromatic carbocycles. The Hall–Kier alpha value is -1.93. The van der Waals surface area contributed by atoms with Crippen molar-refractivity contribution in [3.63, 3.8) is 0 Å². The number of sulfonamides is 1. The van der Waals surface area contributed by atoms with Crippen molar-refractivity contribution in [3.8, 4) is 0 Å². The summed E-state index contributed by atoms with van der Waals surface area (Å²) in [5, 5.41) is 11.6. The van der Waals surface area contributed by atoms with Crippen molar-refractivity contribution in [2.75, 3.05) is 6.54 Å². The van der Waals surface area contributed by atoms with Gasteiger partial charge >= 0.3 is 5.97 Å². The van der Waals surface area contributed by atoms with Crippen molar-refractivity contribution < 1.29 is 23.1 Å². The molecule has 0 fully saturated rings. The second-order valence-corrected chi connectivity index (χ2v) is 8.93. The number of carboxylic acids is 1. The number of amides is 1. The van der Waals surface area contributed by atoms with E-state index in [1.54, 1.807) is 20.8 Å². The second kappa shape index (κ2) is 6.90. The number of carboxylic acid groups (broad SMARTS) is 1. The summed E-state index contributed by atoms with van der Waals surface area (Å²) in [7, 11) is -3.67. The molecule has 0 aliphatic rings. The Morgan fingerprint density at radius 3 is 1.96 bits per heavy atom. The van der Waals surface area contributed by atoms with Gasteiger partial charge in [-0.05, 0) is 58.9 Å². The molecule has 0 aliphatic heterocycles. The lowest BCUT2D eigenvalue weighted by Gasteiger charge is -2.20. The Kier molecular flexibility index (Phi) is 5.78. The Balaban J connectivity index is 2.84. The van der Waals surface area contributed by atoms with Gasteiger partial charge < -0.3 is 10.4 Å². The molecule has 134 valence electrons. The minimum Gasteiger partial charge on any atom is -0.481 e. The van der Waals surface area contributed by atoms with Crippen LogP contribution in [0, 0.1) is 5.41 Å². The summed E-state index contributed by atoms with van der Waals surface area (Å²) in [5.41, 5.74) is -1.45. The van der Waals surface area contributed by atoms with E-state index in [9.17, 15) is 18.0 Å². The van der Waals surface area contributed by atoms with Crippen LogP contribution >= 0.6 is 0 Å². The monoisotopic (exact) mass is 356 g/mol. The number of hydrogen-bond acceptors (Lipinski definition) is 4. The lowest BCUT2D eigenvalue weighted by Crippen LogP contribution is -2.40. The minimum absolute atomic E-state index is 0.0349. The highest BCUT2D eigenvalue weighted by Gasteiger charge is 2.28. The summed E-state index contributed by atoms with van der Waals surface area (Å²) in [6, 6.07) is 5.46. The van der Waals surface area contributed by atoms with Crippen LogP contribution in [0.3, 0.4) is 0 Å². The number of aliphatic carboxylic acids is 1. The van der Waals surface area contributed by atoms with E-state index < -0.39 is 32.9 Å². The van der Waals surface area contributed by atoms with Gasteiger partial charge in [-0.25, -0.2) is 13.1 Å². The van der Waals surface area contributed by atoms with Crippen LogP contribution in [0.4, 0.5) is 0 Å². The van der Waals surface area contributed by atoms with Crippen molar-refractivity contribution >= 4 is 21.9 Å². The summed E-state index contributed by atoms with van der Waals surface area (Å²) < 4.78 is 26.9. The molecule has 0 aromatic heterocycles. The van der Waals surface area contributed by atoms with Gasteiger partial charge in [0, 0.05) is 17.6 Å². The van der Waals surface area contributed by atoms with Gasteiger partial charge in [0.15, 0.2) is 0 Å². The number of hydrogen-bond donors (Lipinski definition) is 3. The molecule has 8 heteroatoms. The predicted octanol–water partition coefficient (Wildman–Crippen LogP) is 1.60. The molecule has 0 saturated heterocycles. The lowest BCUT2D eigenvalue weighted by molar-refractivity contribution is -0.146. The average Bonchev–Trinajstić information content (AvgIpc) is 2.42. The van der Waals surface area contributed by atoms with Crippen molar-refractivity contribution in [2.45, 2.75) is 45.1 Å². The molecule has 0 unspecified atom stereocenters. The lowest BCUT2D eigenvalue weighted by atomic mass is 9.94. The molecule has 0 saturated carbocycles. The molecule has 0 radical (unpaired) electrons. The fourth-order valence-corrected chi connectivity index (χ4v) is 3.14. The number of rotatable bonds is 6. The maximum Gasteiger partial charge on any atom is 0.310 e. The average molecular weight is 356 g/mol. The van der Waals surface area contributed by atoms with E-state index in [0.717, 1.165) is 0 Å². The van der Waals surface area contributed by atoms with Gasteiger partial charge in [0.25, 0.3) is 5.91 Å². The van der Waals surface area contributed by atoms with Crippen LogP contribution in [0.1, 0.15) is 45.0 Å². The van der Waals surface area contributed by atoms with E-state index in [1.807, 2.05) is 0 Å². The van der Waals surface area contributed by atoms with E-state index in [4.69, 9.17) is 5.11 Å². The number of benzene rings is 1. The summed E-state index contributed by atoms with van der Waals surface area (Å²) >= 11 is 0. The third-order valence-electron chi connectivity index (χ3n) is 3.14. The van der Waals surface area contributed by atoms with E-state index in [0.29, 0.717) is 0 Å². The molecule has 0 heterocycles. The van der Waals surface area contributed by atoms with Crippen molar-refractivity contribution in [2.24, 2.45) is 5.41 Å². The molecule has 24 heavy (non-hydrogen) atoms. The van der Waals surface area contributed by atoms with Gasteiger partial charge in [-0.1, -0.05) is 0 Å². The van der Waals surface area contributed by atoms with Crippen LogP contribution in [-0.2, 0) is 14.8 Å². The highest BCUT2D eigenvalue weighted by atomic mass is 32.2. The van der Waals surface area contributed by atoms with Gasteiger partial charge in [-0.3, -0.25) is 9.59 Å². The van der Waals surface area contributed by atoms with Crippen molar-refractivity contribution in [3.05, 3.63) is 29.8 Å². The molecular formula is C16H24N2O5S. The molecular weight excluding hydrogens is 332 g/mol. The Morgan fingerprint density at radius 2 is 1.54 bits per heavy atom. The van der Waals surface area contributed by atoms with E-state index in [-0.39, 0.29) is 17.0 Å². The van der Waals surface area contributed by atoms with Gasteiger partial charge in [0.2, 0.25) is 10.0 Å². The van der Waals surface area contributed by atoms with E-state index in [2.05, 4.69) is 10.0 Å². The Morgan fingerprint density at radius 1 is 1.04 bits per heavy atom. The summed E-state index contributed by atoms with van der Waals surface area (Å²) in [6.07, 6.45) is 0. The highest BCUT2D eigenvalue weighted by Crippen LogP contribution is 2.15. The number of nitrogens with one attached hydrogen (secondary N) is 2. The molecule has 0 atom stereocenters. The second-order valence-electron chi connectivity index (χ2n) is 7.25. The zero-order valence-electron chi connectivity index (χ0n) is 14.5. The summed E-state index contributed by atoms with van der Waals surface area (Å²) in [5.74, 6) is -1.48. The SMILES string of the molecule is CC(C)(C)NS(=O)(=O)c1ccc(C(=O)NCC(C)(C)C(=O)O)cc1. The van der Waals surface area contributed by atoms with E-state index >= 15 is 0 Å². The van der Waals surface area contributed by atoms with Gasteiger partial charge in [-0.2, -0.15) is 0 Å². The first-order chi connectivity index (χ1) is 10.7. The fraction of sp³-hybridized carbons (Fsp3) is 0.500. The van der Waals surface area contributed by atoms with Crippen LogP contribution in [0.15, 0.2) is 29.2 Å². The van der Waals surface area contributed by atoms with Crippen LogP contribution in [0.25, 0.3) is 0 Å². The largest absolute Gasteiger partial charge is 0.481 e. The Labute approximate surface area is 142 Å². The van der Waals surface area contributed by atoms with Gasteiger partial charge in [0.1, 0.15) is 0 Å². The molecule has 1 aromatic rings. The van der Waals surface area contributed by atoms with Gasteiger partial charge in [0.05, 0.1) is 10.3 Å². The molecule has 0 spiro atoms. The zero-order chi connectivity index (χ0) is 18.8. The maximum atomic E-state index is 12.2. The van der Waals surface area contributed by atoms with Crippen LogP contribution < -0.4 is 10.0 Å². The summed E-state index contributed by atoms with van der Waals surface area (Å²) in [6.45, 7) is 8.17. The topological polar surface area (TPSA) is 113 Å². The first-order valence-electron chi connectivity index (χ1n) is 7.40. The standard InChI is InChI=1S/C16H24N2O5S/c1-15(2,3)18-24(22,23)12-8-6-11(7-9-12)13(19)17-10-16(4,5)14(20)21/h6-9,18H,10H2,1-5H3,(H,17,19)(H,20,21). The van der Waals surface area contributed by atoms with Crippen molar-refractivity contribution in [1.29, 1.82) is 0 Å². The molecule has 0 bridgehead atoms. The Bertz CT molecular complexity index is 716. The number of carbonyl (C=O) groups is 2. The first-order valence-corrected chi connectivity index (χ1v) is 8.89. The van der Waals surface area contributed by atoms with Crippen LogP contribution in [0.5, 0.6) is 0 Å². The normalized spacial score (nSPS) is 12.7. The molecule has 1 amide bonds. The third-order valence-corrected chi connectivity index (χ3v) is 4.91. The molecule has 7 nitrogen and oxygen atoms in total. The van der Waals surface area contributed by atoms with Crippen LogP contribution in [-0.4, -0.2) is 37.5 Å². The molecule has 1 rings (SSSR count). The molecule has 0 aliphatic carbocycles. The summed E-state index contributed by atoms with van der Waals surface area (Å²) in [4.78, 5) is 23.1. The third kappa shape index (κ3) is 5.61. The minimum atomic E-state index is -3.67. The molecule has 3 N–H and O–H groups in total. The first kappa shape index (κ1) is 20.1. The highest BCUT2D eigenvalue weighted by molar-refractivity contribution is 7.89. The quantitative estimate of drug-likeness (QED) is 0.717. The van der Waals surface area contributed by atoms with Gasteiger partial charge in [-0.15, -0.1) is 0 Å². The van der Waals surface area contributed by atoms with E-state index in [1.165, 1.54) is 38.1 Å². The maximum absolute atomic E-state index is 12.2. The van der Waals surface area contributed by atoms with Crippen molar-refractivity contribution in [1.82, 2.24) is 10.0 Å². The van der Waals surface area contributed by atoms with Crippen LogP contribution in [0.2, 0.25) is 0 Å².